The van der Waals surface area contributed by atoms with Crippen molar-refractivity contribution in [2.45, 2.75) is 20.3 Å². The molecule has 1 aromatic heterocycles. The van der Waals surface area contributed by atoms with Crippen molar-refractivity contribution in [3.05, 3.63) is 28.5 Å². The summed E-state index contributed by atoms with van der Waals surface area (Å²) >= 11 is 5.81. The van der Waals surface area contributed by atoms with Crippen molar-refractivity contribution in [3.8, 4) is 0 Å². The highest BCUT2D eigenvalue weighted by atomic mass is 35.5. The lowest BCUT2D eigenvalue weighted by Crippen LogP contribution is -2.09. The SMILES string of the molecule is CCCOC(=O)c1nc(C)ccc1Cl. The number of rotatable bonds is 3. The molecule has 0 atom stereocenters. The van der Waals surface area contributed by atoms with Crippen LogP contribution in [0.15, 0.2) is 12.1 Å². The first-order valence-electron chi connectivity index (χ1n) is 4.45. The molecule has 76 valence electrons. The molecule has 0 spiro atoms. The number of hydrogen-bond acceptors (Lipinski definition) is 3. The minimum absolute atomic E-state index is 0.195. The highest BCUT2D eigenvalue weighted by molar-refractivity contribution is 6.33. The van der Waals surface area contributed by atoms with E-state index in [-0.39, 0.29) is 5.69 Å². The third-order valence-electron chi connectivity index (χ3n) is 1.62. The Morgan fingerprint density at radius 1 is 1.57 bits per heavy atom. The molecular formula is C10H12ClNO2. The van der Waals surface area contributed by atoms with Gasteiger partial charge in [0.25, 0.3) is 0 Å². The fourth-order valence-electron chi connectivity index (χ4n) is 0.946. The van der Waals surface area contributed by atoms with Gasteiger partial charge in [-0.15, -0.1) is 0 Å². The number of halogens is 1. The lowest BCUT2D eigenvalue weighted by atomic mass is 10.3. The van der Waals surface area contributed by atoms with E-state index in [0.29, 0.717) is 11.6 Å². The van der Waals surface area contributed by atoms with Crippen LogP contribution in [-0.4, -0.2) is 17.6 Å². The molecule has 0 aliphatic rings. The molecule has 0 saturated heterocycles. The summed E-state index contributed by atoms with van der Waals surface area (Å²) in [5.74, 6) is -0.458. The summed E-state index contributed by atoms with van der Waals surface area (Å²) < 4.78 is 4.93. The van der Waals surface area contributed by atoms with Crippen LogP contribution in [0.4, 0.5) is 0 Å². The van der Waals surface area contributed by atoms with E-state index in [4.69, 9.17) is 16.3 Å². The lowest BCUT2D eigenvalue weighted by molar-refractivity contribution is 0.0498. The zero-order valence-corrected chi connectivity index (χ0v) is 8.97. The Kier molecular flexibility index (Phi) is 3.89. The molecule has 14 heavy (non-hydrogen) atoms. The van der Waals surface area contributed by atoms with Crippen LogP contribution < -0.4 is 0 Å². The Balaban J connectivity index is 2.83. The fraction of sp³-hybridized carbons (Fsp3) is 0.400. The molecule has 0 fully saturated rings. The van der Waals surface area contributed by atoms with Crippen LogP contribution in [0.2, 0.25) is 5.02 Å². The van der Waals surface area contributed by atoms with E-state index in [1.54, 1.807) is 19.1 Å². The number of aryl methyl sites for hydroxylation is 1. The molecule has 0 N–H and O–H groups in total. The number of carbonyl (C=O) groups is 1. The van der Waals surface area contributed by atoms with E-state index in [1.165, 1.54) is 0 Å². The van der Waals surface area contributed by atoms with Gasteiger partial charge >= 0.3 is 5.97 Å². The highest BCUT2D eigenvalue weighted by Crippen LogP contribution is 2.14. The third kappa shape index (κ3) is 2.70. The van der Waals surface area contributed by atoms with Gasteiger partial charge in [0.2, 0.25) is 0 Å². The second kappa shape index (κ2) is 4.96. The van der Waals surface area contributed by atoms with Crippen molar-refractivity contribution in [1.29, 1.82) is 0 Å². The number of nitrogens with zero attached hydrogens (tertiary/aromatic N) is 1. The summed E-state index contributed by atoms with van der Waals surface area (Å²) in [5.41, 5.74) is 0.943. The van der Waals surface area contributed by atoms with Crippen molar-refractivity contribution in [2.24, 2.45) is 0 Å². The molecule has 0 amide bonds. The Bertz CT molecular complexity index is 339. The Hall–Kier alpha value is -1.09. The number of ether oxygens (including phenoxy) is 1. The van der Waals surface area contributed by atoms with Crippen LogP contribution in [0.1, 0.15) is 29.5 Å². The molecule has 0 aliphatic carbocycles. The smallest absolute Gasteiger partial charge is 0.358 e. The van der Waals surface area contributed by atoms with E-state index in [1.807, 2.05) is 6.92 Å². The van der Waals surface area contributed by atoms with Gasteiger partial charge in [-0.3, -0.25) is 0 Å². The summed E-state index contributed by atoms with van der Waals surface area (Å²) in [6.07, 6.45) is 0.787. The summed E-state index contributed by atoms with van der Waals surface area (Å²) in [5, 5.41) is 0.330. The van der Waals surface area contributed by atoms with Gasteiger partial charge in [-0.25, -0.2) is 9.78 Å². The first kappa shape index (κ1) is 11.0. The zero-order valence-electron chi connectivity index (χ0n) is 8.21. The van der Waals surface area contributed by atoms with Crippen LogP contribution >= 0.6 is 11.6 Å². The lowest BCUT2D eigenvalue weighted by Gasteiger charge is -2.04. The molecule has 0 aliphatic heterocycles. The number of esters is 1. The summed E-state index contributed by atoms with van der Waals surface area (Å²) in [7, 11) is 0. The predicted octanol–water partition coefficient (Wildman–Crippen LogP) is 2.61. The molecule has 0 bridgehead atoms. The maximum atomic E-state index is 11.4. The van der Waals surface area contributed by atoms with Crippen LogP contribution in [0.25, 0.3) is 0 Å². The van der Waals surface area contributed by atoms with Crippen LogP contribution in [0.3, 0.4) is 0 Å². The van der Waals surface area contributed by atoms with Gasteiger partial charge in [0.05, 0.1) is 11.6 Å². The molecule has 3 nitrogen and oxygen atoms in total. The highest BCUT2D eigenvalue weighted by Gasteiger charge is 2.13. The normalized spacial score (nSPS) is 9.93. The topological polar surface area (TPSA) is 39.2 Å². The summed E-state index contributed by atoms with van der Waals surface area (Å²) in [4.78, 5) is 15.4. The van der Waals surface area contributed by atoms with Gasteiger partial charge in [-0.2, -0.15) is 0 Å². The number of pyridine rings is 1. The second-order valence-corrected chi connectivity index (χ2v) is 3.33. The minimum atomic E-state index is -0.458. The van der Waals surface area contributed by atoms with Gasteiger partial charge in [0.1, 0.15) is 0 Å². The number of aromatic nitrogens is 1. The van der Waals surface area contributed by atoms with Gasteiger partial charge in [0.15, 0.2) is 5.69 Å². The zero-order chi connectivity index (χ0) is 10.6. The Morgan fingerprint density at radius 2 is 2.29 bits per heavy atom. The van der Waals surface area contributed by atoms with Gasteiger partial charge in [-0.05, 0) is 25.5 Å². The first-order valence-corrected chi connectivity index (χ1v) is 4.83. The van der Waals surface area contributed by atoms with Crippen molar-refractivity contribution in [3.63, 3.8) is 0 Å². The van der Waals surface area contributed by atoms with E-state index in [0.717, 1.165) is 12.1 Å². The molecule has 0 unspecified atom stereocenters. The Labute approximate surface area is 88.1 Å². The average molecular weight is 214 g/mol. The maximum absolute atomic E-state index is 11.4. The third-order valence-corrected chi connectivity index (χ3v) is 1.92. The van der Waals surface area contributed by atoms with Crippen molar-refractivity contribution in [1.82, 2.24) is 4.98 Å². The number of carbonyl (C=O) groups excluding carboxylic acids is 1. The van der Waals surface area contributed by atoms with Crippen molar-refractivity contribution in [2.75, 3.05) is 6.61 Å². The monoisotopic (exact) mass is 213 g/mol. The van der Waals surface area contributed by atoms with Crippen LogP contribution in [-0.2, 0) is 4.74 Å². The van der Waals surface area contributed by atoms with Gasteiger partial charge < -0.3 is 4.74 Å². The minimum Gasteiger partial charge on any atom is -0.461 e. The molecule has 1 aromatic rings. The maximum Gasteiger partial charge on any atom is 0.358 e. The summed E-state index contributed by atoms with van der Waals surface area (Å²) in [6, 6.07) is 3.39. The van der Waals surface area contributed by atoms with E-state index < -0.39 is 5.97 Å². The second-order valence-electron chi connectivity index (χ2n) is 2.92. The van der Waals surface area contributed by atoms with Crippen molar-refractivity contribution >= 4 is 17.6 Å². The number of hydrogen-bond donors (Lipinski definition) is 0. The Morgan fingerprint density at radius 3 is 2.93 bits per heavy atom. The van der Waals surface area contributed by atoms with E-state index >= 15 is 0 Å². The molecule has 0 saturated carbocycles. The van der Waals surface area contributed by atoms with E-state index in [2.05, 4.69) is 4.98 Å². The van der Waals surface area contributed by atoms with Crippen LogP contribution in [0, 0.1) is 6.92 Å². The molecule has 0 aromatic carbocycles. The fourth-order valence-corrected chi connectivity index (χ4v) is 1.13. The standard InChI is InChI=1S/C10H12ClNO2/c1-3-6-14-10(13)9-8(11)5-4-7(2)12-9/h4-5H,3,6H2,1-2H3. The quantitative estimate of drug-likeness (QED) is 0.725. The molecular weight excluding hydrogens is 202 g/mol. The average Bonchev–Trinajstić information content (AvgIpc) is 2.18. The summed E-state index contributed by atoms with van der Waals surface area (Å²) in [6.45, 7) is 4.12. The molecule has 0 radical (unpaired) electrons. The molecule has 1 heterocycles. The molecule has 4 heteroatoms. The van der Waals surface area contributed by atoms with Gasteiger partial charge in [-0.1, -0.05) is 18.5 Å². The first-order chi connectivity index (χ1) is 6.65. The predicted molar refractivity (Wildman–Crippen MR) is 54.6 cm³/mol. The van der Waals surface area contributed by atoms with Gasteiger partial charge in [0, 0.05) is 5.69 Å². The van der Waals surface area contributed by atoms with E-state index in [9.17, 15) is 4.79 Å². The molecule has 1 rings (SSSR count). The largest absolute Gasteiger partial charge is 0.461 e. The van der Waals surface area contributed by atoms with Crippen LogP contribution in [0.5, 0.6) is 0 Å². The van der Waals surface area contributed by atoms with Crippen molar-refractivity contribution < 1.29 is 9.53 Å².